The van der Waals surface area contributed by atoms with Crippen molar-refractivity contribution in [3.63, 3.8) is 0 Å². The Morgan fingerprint density at radius 1 is 0.800 bits per heavy atom. The van der Waals surface area contributed by atoms with Gasteiger partial charge in [0.25, 0.3) is 0 Å². The number of nitrogens with two attached hydrogens (primary N) is 1. The number of fused-ring (bicyclic) bond motifs is 1. The third-order valence-electron chi connectivity index (χ3n) is 5.00. The van der Waals surface area contributed by atoms with Crippen LogP contribution in [-0.4, -0.2) is 56.5 Å². The van der Waals surface area contributed by atoms with Gasteiger partial charge in [-0.25, -0.2) is 24.4 Å². The highest BCUT2D eigenvalue weighted by molar-refractivity contribution is 9.10. The topological polar surface area (TPSA) is 145 Å². The van der Waals surface area contributed by atoms with Crippen molar-refractivity contribution in [3.05, 3.63) is 39.9 Å². The van der Waals surface area contributed by atoms with E-state index in [1.54, 1.807) is 80.5 Å². The summed E-state index contributed by atoms with van der Waals surface area (Å²) < 4.78 is 23.8. The summed E-state index contributed by atoms with van der Waals surface area (Å²) in [7, 11) is 1.50. The normalized spacial score (nSPS) is 12.3. The number of aromatic nitrogens is 3. The van der Waals surface area contributed by atoms with Gasteiger partial charge in [0.15, 0.2) is 11.4 Å². The number of ether oxygens (including phenoxy) is 4. The highest BCUT2D eigenvalue weighted by Crippen LogP contribution is 2.38. The fourth-order valence-corrected chi connectivity index (χ4v) is 4.18. The molecule has 0 spiro atoms. The van der Waals surface area contributed by atoms with Gasteiger partial charge in [-0.3, -0.25) is 4.68 Å². The van der Waals surface area contributed by atoms with Gasteiger partial charge in [-0.15, -0.1) is 0 Å². The van der Waals surface area contributed by atoms with Crippen molar-refractivity contribution >= 4 is 44.9 Å². The molecular formula is C28H35BrN4O7. The first-order chi connectivity index (χ1) is 18.2. The molecule has 2 N–H and O–H groups in total. The van der Waals surface area contributed by atoms with E-state index < -0.39 is 40.5 Å². The molecule has 40 heavy (non-hydrogen) atoms. The first-order valence-electron chi connectivity index (χ1n) is 12.5. The fraction of sp³-hybridized carbons (Fsp3) is 0.464. The highest BCUT2D eigenvalue weighted by Gasteiger charge is 2.35. The summed E-state index contributed by atoms with van der Waals surface area (Å²) in [5, 5.41) is 0. The number of carbonyl (C=O) groups is 3. The Morgan fingerprint density at radius 2 is 1.32 bits per heavy atom. The molecule has 0 bridgehead atoms. The SMILES string of the molecule is COc1cc(Br)cc(-c2c(C(=O)OC(C)(C)C)n(N)c3c(C(=O)OC(C)(C)C)nc(C(=O)OC(C)(C)C)nc23)c1. The van der Waals surface area contributed by atoms with E-state index in [9.17, 15) is 14.4 Å². The van der Waals surface area contributed by atoms with E-state index in [2.05, 4.69) is 25.9 Å². The number of esters is 3. The fourth-order valence-electron chi connectivity index (χ4n) is 3.71. The average Bonchev–Trinajstić information content (AvgIpc) is 3.07. The van der Waals surface area contributed by atoms with Crippen molar-refractivity contribution in [1.82, 2.24) is 14.6 Å². The van der Waals surface area contributed by atoms with Crippen LogP contribution < -0.4 is 10.6 Å². The summed E-state index contributed by atoms with van der Waals surface area (Å²) in [4.78, 5) is 48.8. The first kappa shape index (κ1) is 30.9. The number of nitrogen functional groups attached to an aromatic ring is 1. The Labute approximate surface area is 241 Å². The Kier molecular flexibility index (Phi) is 8.27. The third-order valence-corrected chi connectivity index (χ3v) is 5.46. The lowest BCUT2D eigenvalue weighted by atomic mass is 10.0. The van der Waals surface area contributed by atoms with Gasteiger partial charge in [0.05, 0.1) is 7.11 Å². The maximum absolute atomic E-state index is 13.6. The van der Waals surface area contributed by atoms with Gasteiger partial charge in [-0.05, 0) is 86.1 Å². The van der Waals surface area contributed by atoms with Crippen LogP contribution >= 0.6 is 15.9 Å². The van der Waals surface area contributed by atoms with Crippen molar-refractivity contribution in [3.8, 4) is 16.9 Å². The van der Waals surface area contributed by atoms with Gasteiger partial charge in [0.1, 0.15) is 33.6 Å². The number of nitrogens with zero attached hydrogens (tertiary/aromatic N) is 3. The van der Waals surface area contributed by atoms with Crippen molar-refractivity contribution in [2.45, 2.75) is 79.1 Å². The van der Waals surface area contributed by atoms with E-state index >= 15 is 0 Å². The maximum atomic E-state index is 13.6. The number of rotatable bonds is 5. The molecule has 3 aromatic rings. The summed E-state index contributed by atoms with van der Waals surface area (Å²) in [5.74, 6) is 4.03. The van der Waals surface area contributed by atoms with E-state index in [1.165, 1.54) is 7.11 Å². The lowest BCUT2D eigenvalue weighted by Gasteiger charge is -2.21. The van der Waals surface area contributed by atoms with Crippen LogP contribution in [0.15, 0.2) is 22.7 Å². The molecule has 0 unspecified atom stereocenters. The molecule has 0 saturated heterocycles. The molecule has 0 aliphatic carbocycles. The van der Waals surface area contributed by atoms with Crippen molar-refractivity contribution in [1.29, 1.82) is 0 Å². The molecule has 0 saturated carbocycles. The van der Waals surface area contributed by atoms with Gasteiger partial charge >= 0.3 is 17.9 Å². The summed E-state index contributed by atoms with van der Waals surface area (Å²) in [5.41, 5.74) is -2.43. The molecule has 3 rings (SSSR count). The quantitative estimate of drug-likeness (QED) is 0.222. The van der Waals surface area contributed by atoms with Crippen LogP contribution in [0.25, 0.3) is 22.2 Å². The minimum Gasteiger partial charge on any atom is -0.497 e. The van der Waals surface area contributed by atoms with Gasteiger partial charge in [0, 0.05) is 10.0 Å². The molecule has 2 aromatic heterocycles. The zero-order valence-corrected chi connectivity index (χ0v) is 26.0. The highest BCUT2D eigenvalue weighted by atomic mass is 79.9. The summed E-state index contributed by atoms with van der Waals surface area (Å²) in [6, 6.07) is 5.11. The van der Waals surface area contributed by atoms with E-state index in [1.807, 2.05) is 0 Å². The molecule has 12 heteroatoms. The molecule has 11 nitrogen and oxygen atoms in total. The maximum Gasteiger partial charge on any atom is 0.376 e. The van der Waals surface area contributed by atoms with Crippen LogP contribution in [0, 0.1) is 0 Å². The molecule has 216 valence electrons. The Hall–Kier alpha value is -3.67. The zero-order valence-electron chi connectivity index (χ0n) is 24.4. The van der Waals surface area contributed by atoms with Gasteiger partial charge in [-0.2, -0.15) is 0 Å². The van der Waals surface area contributed by atoms with Crippen molar-refractivity contribution in [2.75, 3.05) is 13.0 Å². The van der Waals surface area contributed by atoms with Crippen LogP contribution in [0.1, 0.15) is 93.9 Å². The molecule has 0 radical (unpaired) electrons. The van der Waals surface area contributed by atoms with Crippen LogP contribution in [0.3, 0.4) is 0 Å². The molecule has 0 aliphatic heterocycles. The van der Waals surface area contributed by atoms with Gasteiger partial charge < -0.3 is 24.8 Å². The molecule has 0 aliphatic rings. The second-order valence-electron chi connectivity index (χ2n) is 12.1. The van der Waals surface area contributed by atoms with Gasteiger partial charge in [-0.1, -0.05) is 15.9 Å². The minimum absolute atomic E-state index is 0.0311. The Balaban J connectivity index is 2.51. The molecule has 1 aromatic carbocycles. The number of hydrogen-bond acceptors (Lipinski definition) is 10. The van der Waals surface area contributed by atoms with E-state index in [4.69, 9.17) is 24.8 Å². The standard InChI is InChI=1S/C28H35BrN4O7/c1-26(2,3)38-23(34)19-21-18(31-22(32-19)25(36)40-28(7,8)9)17(14-11-15(29)13-16(12-14)37-10)20(33(21)30)24(35)39-27(4,5)6/h11-13H,30H2,1-10H3. The van der Waals surface area contributed by atoms with Crippen molar-refractivity contribution < 1.29 is 33.3 Å². The Morgan fingerprint density at radius 3 is 1.85 bits per heavy atom. The molecule has 0 amide bonds. The number of halogens is 1. The van der Waals surface area contributed by atoms with Crippen LogP contribution in [0.4, 0.5) is 0 Å². The lowest BCUT2D eigenvalue weighted by Crippen LogP contribution is -2.29. The predicted molar refractivity (Wildman–Crippen MR) is 153 cm³/mol. The minimum atomic E-state index is -0.902. The van der Waals surface area contributed by atoms with Crippen molar-refractivity contribution in [2.24, 2.45) is 0 Å². The molecular weight excluding hydrogens is 584 g/mol. The Bertz CT molecular complexity index is 1490. The summed E-state index contributed by atoms with van der Waals surface area (Å²) >= 11 is 3.46. The van der Waals surface area contributed by atoms with E-state index in [0.29, 0.717) is 15.8 Å². The number of carbonyl (C=O) groups excluding carboxylic acids is 3. The first-order valence-corrected chi connectivity index (χ1v) is 13.3. The van der Waals surface area contributed by atoms with E-state index in [0.717, 1.165) is 4.68 Å². The van der Waals surface area contributed by atoms with E-state index in [-0.39, 0.29) is 28.0 Å². The average molecular weight is 620 g/mol. The largest absolute Gasteiger partial charge is 0.497 e. The lowest BCUT2D eigenvalue weighted by molar-refractivity contribution is 0.00377. The second-order valence-corrected chi connectivity index (χ2v) is 13.0. The van der Waals surface area contributed by atoms with Crippen LogP contribution in [-0.2, 0) is 14.2 Å². The van der Waals surface area contributed by atoms with Gasteiger partial charge in [0.2, 0.25) is 5.82 Å². The molecule has 0 atom stereocenters. The molecule has 2 heterocycles. The van der Waals surface area contributed by atoms with Crippen LogP contribution in [0.2, 0.25) is 0 Å². The monoisotopic (exact) mass is 618 g/mol. The number of hydrogen-bond donors (Lipinski definition) is 1. The summed E-state index contributed by atoms with van der Waals surface area (Å²) in [6.45, 7) is 15.3. The predicted octanol–water partition coefficient (Wildman–Crippen LogP) is 5.45. The third kappa shape index (κ3) is 7.09. The number of methoxy groups -OCH3 is 1. The number of benzene rings is 1. The molecule has 0 fully saturated rings. The smallest absolute Gasteiger partial charge is 0.376 e. The van der Waals surface area contributed by atoms with Crippen LogP contribution in [0.5, 0.6) is 5.75 Å². The zero-order chi connectivity index (χ0) is 30.4. The second kappa shape index (κ2) is 10.7. The summed E-state index contributed by atoms with van der Waals surface area (Å²) in [6.07, 6.45) is 0.